The fraction of sp³-hybridized carbons (Fsp3) is 0.875. The predicted molar refractivity (Wildman–Crippen MR) is 134 cm³/mol. The van der Waals surface area contributed by atoms with E-state index in [1.54, 1.807) is 0 Å². The zero-order valence-corrected chi connectivity index (χ0v) is 24.0. The first-order valence-electron chi connectivity index (χ1n) is 12.3. The summed E-state index contributed by atoms with van der Waals surface area (Å²) in [5, 5.41) is 0. The van der Waals surface area contributed by atoms with E-state index in [2.05, 4.69) is 44.0 Å². The second kappa shape index (κ2) is 13.8. The second-order valence-electron chi connectivity index (χ2n) is 11.1. The Morgan fingerprint density at radius 1 is 0.667 bits per heavy atom. The molecule has 1 saturated carbocycles. The van der Waals surface area contributed by atoms with Crippen LogP contribution in [0.3, 0.4) is 0 Å². The fourth-order valence-electron chi connectivity index (χ4n) is 4.64. The number of hydrogen-bond acceptors (Lipinski definition) is 7. The first kappa shape index (κ1) is 30.0. The van der Waals surface area contributed by atoms with Gasteiger partial charge in [-0.05, 0) is 83.2 Å². The summed E-state index contributed by atoms with van der Waals surface area (Å²) in [5.74, 6) is 0.123. The van der Waals surface area contributed by atoms with Crippen LogP contribution in [0.1, 0.15) is 57.8 Å². The summed E-state index contributed by atoms with van der Waals surface area (Å²) in [6.45, 7) is 13.1. The molecule has 0 heterocycles. The number of Topliss-reactive ketones (excluding diaryl/α,β-unsaturated/α-hetero) is 1. The summed E-state index contributed by atoms with van der Waals surface area (Å²) in [6.07, 6.45) is 5.36. The summed E-state index contributed by atoms with van der Waals surface area (Å²) in [7, 11) is -0.789. The maximum absolute atomic E-state index is 12.6. The van der Waals surface area contributed by atoms with E-state index in [0.29, 0.717) is 44.9 Å². The summed E-state index contributed by atoms with van der Waals surface area (Å²) in [5.41, 5.74) is 0. The summed E-state index contributed by atoms with van der Waals surface area (Å²) in [6, 6.07) is 0. The van der Waals surface area contributed by atoms with Crippen molar-refractivity contribution in [2.45, 2.75) is 109 Å². The number of rotatable bonds is 15. The van der Waals surface area contributed by atoms with Crippen molar-refractivity contribution in [3.05, 3.63) is 0 Å². The van der Waals surface area contributed by atoms with Gasteiger partial charge in [-0.15, -0.1) is 0 Å². The van der Waals surface area contributed by atoms with E-state index in [-0.39, 0.29) is 41.8 Å². The van der Waals surface area contributed by atoms with Crippen molar-refractivity contribution in [2.24, 2.45) is 11.8 Å². The van der Waals surface area contributed by atoms with E-state index in [9.17, 15) is 14.4 Å². The van der Waals surface area contributed by atoms with Crippen molar-refractivity contribution in [3.8, 4) is 0 Å². The third kappa shape index (κ3) is 12.3. The summed E-state index contributed by atoms with van der Waals surface area (Å²) in [4.78, 5) is 35.7. The molecular weight excluding hydrogens is 456 g/mol. The monoisotopic (exact) mass is 502 g/mol. The molecule has 0 N–H and O–H groups in total. The highest BCUT2D eigenvalue weighted by atomic mass is 28.4. The molecule has 0 bridgehead atoms. The Kier molecular flexibility index (Phi) is 12.5. The molecule has 1 aliphatic rings. The van der Waals surface area contributed by atoms with Gasteiger partial charge in [-0.1, -0.05) is 0 Å². The molecule has 4 atom stereocenters. The van der Waals surface area contributed by atoms with Crippen LogP contribution in [0.2, 0.25) is 39.3 Å². The molecule has 9 heteroatoms. The highest BCUT2D eigenvalue weighted by Crippen LogP contribution is 2.43. The number of esters is 2. The van der Waals surface area contributed by atoms with E-state index < -0.39 is 16.6 Å². The van der Waals surface area contributed by atoms with Gasteiger partial charge >= 0.3 is 11.9 Å². The molecule has 0 aromatic carbocycles. The van der Waals surface area contributed by atoms with Gasteiger partial charge in [0, 0.05) is 25.7 Å². The van der Waals surface area contributed by atoms with E-state index in [1.165, 1.54) is 14.2 Å². The van der Waals surface area contributed by atoms with Gasteiger partial charge in [-0.25, -0.2) is 0 Å². The molecule has 33 heavy (non-hydrogen) atoms. The Hall–Kier alpha value is -1.04. The maximum atomic E-state index is 12.6. The van der Waals surface area contributed by atoms with Gasteiger partial charge < -0.3 is 18.3 Å². The van der Waals surface area contributed by atoms with Crippen LogP contribution in [0, 0.1) is 11.8 Å². The van der Waals surface area contributed by atoms with Crippen LogP contribution in [-0.2, 0) is 32.7 Å². The lowest BCUT2D eigenvalue weighted by molar-refractivity contribution is -0.141. The van der Waals surface area contributed by atoms with Crippen molar-refractivity contribution >= 4 is 34.4 Å². The lowest BCUT2D eigenvalue weighted by Crippen LogP contribution is -2.35. The van der Waals surface area contributed by atoms with E-state index in [1.807, 2.05) is 0 Å². The minimum Gasteiger partial charge on any atom is -0.469 e. The van der Waals surface area contributed by atoms with Crippen LogP contribution < -0.4 is 0 Å². The molecule has 4 unspecified atom stereocenters. The minimum atomic E-state index is -1.79. The highest BCUT2D eigenvalue weighted by molar-refractivity contribution is 6.70. The Morgan fingerprint density at radius 2 is 1.09 bits per heavy atom. The van der Waals surface area contributed by atoms with Crippen LogP contribution in [0.5, 0.6) is 0 Å². The van der Waals surface area contributed by atoms with Crippen LogP contribution in [0.4, 0.5) is 0 Å². The smallest absolute Gasteiger partial charge is 0.305 e. The molecule has 0 amide bonds. The largest absolute Gasteiger partial charge is 0.469 e. The Balaban J connectivity index is 2.87. The molecule has 0 spiro atoms. The van der Waals surface area contributed by atoms with Crippen LogP contribution in [0.15, 0.2) is 0 Å². The number of carbonyl (C=O) groups excluding carboxylic acids is 3. The molecule has 0 aromatic rings. The maximum Gasteiger partial charge on any atom is 0.305 e. The molecule has 192 valence electrons. The fourth-order valence-corrected chi connectivity index (χ4v) is 7.00. The SMILES string of the molecule is COC(=O)CCCCC(=O)CCC1C(O[Si](C)(C)C)CC(O[Si](C)(C)C)C1CCC(=O)OC. The normalized spacial score (nSPS) is 23.4. The van der Waals surface area contributed by atoms with Crippen molar-refractivity contribution < 1.29 is 32.7 Å². The van der Waals surface area contributed by atoms with Gasteiger partial charge in [0.2, 0.25) is 0 Å². The van der Waals surface area contributed by atoms with Crippen molar-refractivity contribution in [3.63, 3.8) is 0 Å². The highest BCUT2D eigenvalue weighted by Gasteiger charge is 2.46. The van der Waals surface area contributed by atoms with Crippen molar-refractivity contribution in [2.75, 3.05) is 14.2 Å². The summed E-state index contributed by atoms with van der Waals surface area (Å²) >= 11 is 0. The third-order valence-electron chi connectivity index (χ3n) is 5.96. The quantitative estimate of drug-likeness (QED) is 0.175. The first-order chi connectivity index (χ1) is 15.3. The molecule has 7 nitrogen and oxygen atoms in total. The van der Waals surface area contributed by atoms with Crippen molar-refractivity contribution in [1.29, 1.82) is 0 Å². The molecule has 1 rings (SSSR count). The number of hydrogen-bond donors (Lipinski definition) is 0. The second-order valence-corrected chi connectivity index (χ2v) is 20.0. The third-order valence-corrected chi connectivity index (χ3v) is 7.98. The molecule has 0 aliphatic heterocycles. The lowest BCUT2D eigenvalue weighted by atomic mass is 9.85. The number of ketones is 1. The predicted octanol–water partition coefficient (Wildman–Crippen LogP) is 5.10. The van der Waals surface area contributed by atoms with Gasteiger partial charge in [0.15, 0.2) is 16.6 Å². The first-order valence-corrected chi connectivity index (χ1v) is 19.1. The van der Waals surface area contributed by atoms with Gasteiger partial charge in [0.25, 0.3) is 0 Å². The standard InChI is InChI=1S/C24H46O7Si2/c1-28-23(26)12-10-9-11-18(25)13-14-19-20(15-16-24(27)29-2)22(31-33(6,7)8)17-21(19)30-32(3,4)5/h19-22H,9-17H2,1-8H3. The van der Waals surface area contributed by atoms with Crippen molar-refractivity contribution in [1.82, 2.24) is 0 Å². The minimum absolute atomic E-state index is 0.0443. The number of carbonyl (C=O) groups is 3. The van der Waals surface area contributed by atoms with Gasteiger partial charge in [-0.2, -0.15) is 0 Å². The lowest BCUT2D eigenvalue weighted by Gasteiger charge is -2.31. The molecule has 1 fully saturated rings. The number of ether oxygens (including phenoxy) is 2. The van der Waals surface area contributed by atoms with E-state index in [4.69, 9.17) is 13.6 Å². The van der Waals surface area contributed by atoms with Crippen LogP contribution >= 0.6 is 0 Å². The van der Waals surface area contributed by atoms with Gasteiger partial charge in [0.1, 0.15) is 5.78 Å². The average molecular weight is 503 g/mol. The number of methoxy groups -OCH3 is 2. The number of unbranched alkanes of at least 4 members (excludes halogenated alkanes) is 1. The van der Waals surface area contributed by atoms with Crippen LogP contribution in [0.25, 0.3) is 0 Å². The molecule has 0 saturated heterocycles. The average Bonchev–Trinajstić information content (AvgIpc) is 2.99. The van der Waals surface area contributed by atoms with Gasteiger partial charge in [0.05, 0.1) is 26.4 Å². The molecule has 0 aromatic heterocycles. The molecular formula is C24H46O7Si2. The molecule has 0 radical (unpaired) electrons. The van der Waals surface area contributed by atoms with Gasteiger partial charge in [-0.3, -0.25) is 14.4 Å². The topological polar surface area (TPSA) is 88.1 Å². The molecule has 1 aliphatic carbocycles. The van der Waals surface area contributed by atoms with Crippen LogP contribution in [-0.4, -0.2) is 60.8 Å². The Labute approximate surface area is 202 Å². The Bertz CT molecular complexity index is 640. The zero-order chi connectivity index (χ0) is 25.2. The Morgan fingerprint density at radius 3 is 1.55 bits per heavy atom. The zero-order valence-electron chi connectivity index (χ0n) is 22.0. The van der Waals surface area contributed by atoms with E-state index in [0.717, 1.165) is 12.8 Å². The summed E-state index contributed by atoms with van der Waals surface area (Å²) < 4.78 is 22.7. The van der Waals surface area contributed by atoms with E-state index >= 15 is 0 Å².